The summed E-state index contributed by atoms with van der Waals surface area (Å²) in [7, 11) is 0. The van der Waals surface area contributed by atoms with Crippen molar-refractivity contribution in [2.75, 3.05) is 6.54 Å². The van der Waals surface area contributed by atoms with Crippen molar-refractivity contribution in [1.82, 2.24) is 25.1 Å². The zero-order valence-electron chi connectivity index (χ0n) is 10.2. The highest BCUT2D eigenvalue weighted by Gasteiger charge is 1.97. The van der Waals surface area contributed by atoms with Gasteiger partial charge in [0.05, 0.1) is 0 Å². The Bertz CT molecular complexity index is 418. The van der Waals surface area contributed by atoms with E-state index < -0.39 is 0 Å². The summed E-state index contributed by atoms with van der Waals surface area (Å²) in [6, 6.07) is 2.16. The zero-order chi connectivity index (χ0) is 11.9. The van der Waals surface area contributed by atoms with Gasteiger partial charge in [-0.2, -0.15) is 5.10 Å². The van der Waals surface area contributed by atoms with Gasteiger partial charge in [0, 0.05) is 31.9 Å². The average Bonchev–Trinajstić information content (AvgIpc) is 2.99. The first-order valence-corrected chi connectivity index (χ1v) is 6.08. The van der Waals surface area contributed by atoms with Crippen LogP contribution >= 0.6 is 0 Å². The molecule has 2 rings (SSSR count). The first-order chi connectivity index (χ1) is 8.38. The first-order valence-electron chi connectivity index (χ1n) is 6.08. The minimum atomic E-state index is 0.934. The van der Waals surface area contributed by atoms with Gasteiger partial charge in [0.1, 0.15) is 12.2 Å². The molecule has 0 aromatic carbocycles. The largest absolute Gasteiger partial charge is 0.354 e. The summed E-state index contributed by atoms with van der Waals surface area (Å²) in [6.45, 7) is 5.11. The summed E-state index contributed by atoms with van der Waals surface area (Å²) < 4.78 is 2.19. The summed E-state index contributed by atoms with van der Waals surface area (Å²) in [6.07, 6.45) is 7.87. The molecule has 5 nitrogen and oxygen atoms in total. The van der Waals surface area contributed by atoms with Gasteiger partial charge in [0.2, 0.25) is 0 Å². The van der Waals surface area contributed by atoms with Crippen LogP contribution in [0.5, 0.6) is 0 Å². The molecule has 0 saturated heterocycles. The maximum Gasteiger partial charge on any atom is 0.137 e. The lowest BCUT2D eigenvalue weighted by atomic mass is 10.3. The lowest BCUT2D eigenvalue weighted by Crippen LogP contribution is -2.15. The van der Waals surface area contributed by atoms with Gasteiger partial charge in [-0.15, -0.1) is 0 Å². The molecule has 92 valence electrons. The van der Waals surface area contributed by atoms with Crippen LogP contribution in [0.15, 0.2) is 24.8 Å². The van der Waals surface area contributed by atoms with Crippen molar-refractivity contribution < 1.29 is 0 Å². The van der Waals surface area contributed by atoms with Crippen LogP contribution in [0.4, 0.5) is 0 Å². The number of aromatic nitrogens is 4. The molecule has 0 aliphatic rings. The third kappa shape index (κ3) is 3.71. The highest BCUT2D eigenvalue weighted by molar-refractivity contribution is 5.09. The van der Waals surface area contributed by atoms with Crippen LogP contribution in [-0.4, -0.2) is 26.3 Å². The molecule has 2 aromatic heterocycles. The Balaban J connectivity index is 1.60. The van der Waals surface area contributed by atoms with E-state index in [0.717, 1.165) is 38.3 Å². The van der Waals surface area contributed by atoms with E-state index in [1.54, 1.807) is 6.33 Å². The second-order valence-electron chi connectivity index (χ2n) is 4.06. The van der Waals surface area contributed by atoms with E-state index >= 15 is 0 Å². The van der Waals surface area contributed by atoms with E-state index in [2.05, 4.69) is 50.4 Å². The number of nitrogens with zero attached hydrogens (tertiary/aromatic N) is 3. The van der Waals surface area contributed by atoms with E-state index in [4.69, 9.17) is 0 Å². The molecule has 0 saturated carbocycles. The fourth-order valence-electron chi connectivity index (χ4n) is 1.76. The molecule has 2 heterocycles. The monoisotopic (exact) mass is 233 g/mol. The Morgan fingerprint density at radius 3 is 3.12 bits per heavy atom. The first kappa shape index (κ1) is 11.9. The molecule has 2 aromatic rings. The molecule has 0 unspecified atom stereocenters. The SMILES string of the molecule is CCn1ccc(CNCCCc2ncn[nH]2)c1. The van der Waals surface area contributed by atoms with Gasteiger partial charge in [0.25, 0.3) is 0 Å². The maximum atomic E-state index is 4.09. The molecule has 0 spiro atoms. The standard InChI is InChI=1S/C12H19N5/c1-2-17-7-5-11(9-17)8-13-6-3-4-12-14-10-15-16-12/h5,7,9-10,13H,2-4,6,8H2,1H3,(H,14,15,16). The van der Waals surface area contributed by atoms with Crippen LogP contribution in [0.1, 0.15) is 24.7 Å². The van der Waals surface area contributed by atoms with Crippen LogP contribution in [0.3, 0.4) is 0 Å². The normalized spacial score (nSPS) is 10.9. The number of rotatable bonds is 7. The van der Waals surface area contributed by atoms with Crippen LogP contribution in [0, 0.1) is 0 Å². The van der Waals surface area contributed by atoms with E-state index in [1.807, 2.05) is 0 Å². The predicted octanol–water partition coefficient (Wildman–Crippen LogP) is 1.35. The van der Waals surface area contributed by atoms with E-state index in [-0.39, 0.29) is 0 Å². The number of aromatic amines is 1. The lowest BCUT2D eigenvalue weighted by Gasteiger charge is -2.02. The molecule has 2 N–H and O–H groups in total. The zero-order valence-corrected chi connectivity index (χ0v) is 10.2. The van der Waals surface area contributed by atoms with E-state index in [1.165, 1.54) is 5.56 Å². The minimum absolute atomic E-state index is 0.934. The molecular formula is C12H19N5. The second kappa shape index (κ2) is 6.20. The topological polar surface area (TPSA) is 58.5 Å². The molecule has 0 aliphatic heterocycles. The predicted molar refractivity (Wildman–Crippen MR) is 66.5 cm³/mol. The van der Waals surface area contributed by atoms with E-state index in [0.29, 0.717) is 0 Å². The maximum absolute atomic E-state index is 4.09. The number of nitrogens with one attached hydrogen (secondary N) is 2. The summed E-state index contributed by atoms with van der Waals surface area (Å²) in [5.74, 6) is 0.962. The molecule has 0 fully saturated rings. The average molecular weight is 233 g/mol. The summed E-state index contributed by atoms with van der Waals surface area (Å²) in [5, 5.41) is 10.1. The molecule has 0 atom stereocenters. The number of aryl methyl sites for hydroxylation is 2. The van der Waals surface area contributed by atoms with Gasteiger partial charge in [-0.25, -0.2) is 4.98 Å². The summed E-state index contributed by atoms with van der Waals surface area (Å²) in [4.78, 5) is 4.09. The smallest absolute Gasteiger partial charge is 0.137 e. The Kier molecular flexibility index (Phi) is 4.32. The van der Waals surface area contributed by atoms with Gasteiger partial charge in [-0.3, -0.25) is 5.10 Å². The van der Waals surface area contributed by atoms with Gasteiger partial charge in [-0.05, 0) is 31.5 Å². The molecular weight excluding hydrogens is 214 g/mol. The molecule has 5 heteroatoms. The molecule has 0 radical (unpaired) electrons. The van der Waals surface area contributed by atoms with Crippen LogP contribution in [0.25, 0.3) is 0 Å². The summed E-state index contributed by atoms with van der Waals surface area (Å²) >= 11 is 0. The van der Waals surface area contributed by atoms with Gasteiger partial charge >= 0.3 is 0 Å². The summed E-state index contributed by atoms with van der Waals surface area (Å²) in [5.41, 5.74) is 1.34. The number of hydrogen-bond donors (Lipinski definition) is 2. The van der Waals surface area contributed by atoms with Crippen molar-refractivity contribution in [3.63, 3.8) is 0 Å². The number of hydrogen-bond acceptors (Lipinski definition) is 3. The van der Waals surface area contributed by atoms with Crippen molar-refractivity contribution in [3.05, 3.63) is 36.2 Å². The Hall–Kier alpha value is -1.62. The van der Waals surface area contributed by atoms with Crippen LogP contribution < -0.4 is 5.32 Å². The van der Waals surface area contributed by atoms with Crippen LogP contribution in [-0.2, 0) is 19.5 Å². The highest BCUT2D eigenvalue weighted by Crippen LogP contribution is 2.00. The fourth-order valence-corrected chi connectivity index (χ4v) is 1.76. The number of H-pyrrole nitrogens is 1. The van der Waals surface area contributed by atoms with Crippen molar-refractivity contribution in [2.24, 2.45) is 0 Å². The third-order valence-electron chi connectivity index (χ3n) is 2.74. The molecule has 0 amide bonds. The Labute approximate surface area is 101 Å². The fraction of sp³-hybridized carbons (Fsp3) is 0.500. The van der Waals surface area contributed by atoms with Gasteiger partial charge in [0.15, 0.2) is 0 Å². The van der Waals surface area contributed by atoms with Crippen molar-refractivity contribution >= 4 is 0 Å². The highest BCUT2D eigenvalue weighted by atomic mass is 15.2. The lowest BCUT2D eigenvalue weighted by molar-refractivity contribution is 0.638. The van der Waals surface area contributed by atoms with Crippen molar-refractivity contribution in [1.29, 1.82) is 0 Å². The van der Waals surface area contributed by atoms with Gasteiger partial charge in [-0.1, -0.05) is 0 Å². The third-order valence-corrected chi connectivity index (χ3v) is 2.74. The van der Waals surface area contributed by atoms with Gasteiger partial charge < -0.3 is 9.88 Å². The minimum Gasteiger partial charge on any atom is -0.354 e. The van der Waals surface area contributed by atoms with Crippen molar-refractivity contribution in [2.45, 2.75) is 32.9 Å². The van der Waals surface area contributed by atoms with Crippen molar-refractivity contribution in [3.8, 4) is 0 Å². The van der Waals surface area contributed by atoms with E-state index in [9.17, 15) is 0 Å². The Morgan fingerprint density at radius 1 is 1.47 bits per heavy atom. The molecule has 0 aliphatic carbocycles. The second-order valence-corrected chi connectivity index (χ2v) is 4.06. The molecule has 17 heavy (non-hydrogen) atoms. The molecule has 0 bridgehead atoms. The Morgan fingerprint density at radius 2 is 2.41 bits per heavy atom. The quantitative estimate of drug-likeness (QED) is 0.710. The van der Waals surface area contributed by atoms with Crippen LogP contribution in [0.2, 0.25) is 0 Å².